The van der Waals surface area contributed by atoms with E-state index in [9.17, 15) is 14.4 Å². The maximum Gasteiger partial charge on any atom is 0.259 e. The summed E-state index contributed by atoms with van der Waals surface area (Å²) in [6, 6.07) is 1.27. The lowest BCUT2D eigenvalue weighted by molar-refractivity contribution is -0.122. The number of likely N-dealkylation sites (N-methyl/N-ethyl adjacent to an activating group) is 1. The zero-order valence-corrected chi connectivity index (χ0v) is 11.6. The van der Waals surface area contributed by atoms with Crippen molar-refractivity contribution in [3.05, 3.63) is 34.2 Å². The third-order valence-electron chi connectivity index (χ3n) is 2.30. The normalized spacial score (nSPS) is 10.9. The van der Waals surface area contributed by atoms with Crippen molar-refractivity contribution in [1.29, 1.82) is 0 Å². The van der Waals surface area contributed by atoms with Crippen LogP contribution in [0.1, 0.15) is 31.1 Å². The van der Waals surface area contributed by atoms with Gasteiger partial charge in [0.05, 0.1) is 6.54 Å². The number of nitrogens with zero attached hydrogens (tertiary/aromatic N) is 1. The standard InChI is InChI=1S/C13H19N3O3/c1-13(2,3)15-11(18)8-16(4)12(19)9-7-14-6-5-10(9)17/h5-7H,8H2,1-4H3,(H,14,17)(H,15,18). The SMILES string of the molecule is CN(CC(=O)NC(C)(C)C)C(=O)c1c[nH]ccc1=O. The Balaban J connectivity index is 2.72. The van der Waals surface area contributed by atoms with E-state index < -0.39 is 5.91 Å². The van der Waals surface area contributed by atoms with E-state index in [0.717, 1.165) is 0 Å². The highest BCUT2D eigenvalue weighted by molar-refractivity contribution is 5.96. The minimum atomic E-state index is -0.481. The predicted octanol–water partition coefficient (Wildman–Crippen LogP) is 0.362. The van der Waals surface area contributed by atoms with Crippen molar-refractivity contribution in [2.24, 2.45) is 0 Å². The van der Waals surface area contributed by atoms with Crippen molar-refractivity contribution >= 4 is 11.8 Å². The Morgan fingerprint density at radius 1 is 1.37 bits per heavy atom. The Bertz CT molecular complexity index is 528. The van der Waals surface area contributed by atoms with Crippen LogP contribution in [-0.2, 0) is 4.79 Å². The molecule has 0 fully saturated rings. The highest BCUT2D eigenvalue weighted by Gasteiger charge is 2.19. The zero-order chi connectivity index (χ0) is 14.6. The number of H-pyrrole nitrogens is 1. The minimum absolute atomic E-state index is 0.0218. The molecule has 0 unspecified atom stereocenters. The number of amides is 2. The van der Waals surface area contributed by atoms with Gasteiger partial charge < -0.3 is 15.2 Å². The molecule has 0 aliphatic carbocycles. The molecule has 19 heavy (non-hydrogen) atoms. The highest BCUT2D eigenvalue weighted by Crippen LogP contribution is 2.00. The first-order chi connectivity index (χ1) is 8.70. The molecular weight excluding hydrogens is 246 g/mol. The van der Waals surface area contributed by atoms with Crippen LogP contribution in [-0.4, -0.2) is 40.8 Å². The fourth-order valence-corrected chi connectivity index (χ4v) is 1.53. The van der Waals surface area contributed by atoms with Crippen LogP contribution in [0.15, 0.2) is 23.3 Å². The van der Waals surface area contributed by atoms with Crippen LogP contribution in [0, 0.1) is 0 Å². The topological polar surface area (TPSA) is 82.3 Å². The molecule has 6 nitrogen and oxygen atoms in total. The summed E-state index contributed by atoms with van der Waals surface area (Å²) in [4.78, 5) is 39.1. The van der Waals surface area contributed by atoms with Gasteiger partial charge in [-0.2, -0.15) is 0 Å². The van der Waals surface area contributed by atoms with Crippen LogP contribution in [0.5, 0.6) is 0 Å². The van der Waals surface area contributed by atoms with Crippen molar-refractivity contribution in [3.8, 4) is 0 Å². The number of rotatable bonds is 3. The van der Waals surface area contributed by atoms with Gasteiger partial charge in [-0.3, -0.25) is 14.4 Å². The molecule has 0 bridgehead atoms. The van der Waals surface area contributed by atoms with E-state index in [1.807, 2.05) is 20.8 Å². The molecule has 0 spiro atoms. The van der Waals surface area contributed by atoms with Gasteiger partial charge in [-0.25, -0.2) is 0 Å². The van der Waals surface area contributed by atoms with Crippen LogP contribution in [0.25, 0.3) is 0 Å². The number of pyridine rings is 1. The maximum atomic E-state index is 12.0. The second-order valence-electron chi connectivity index (χ2n) is 5.38. The van der Waals surface area contributed by atoms with Crippen molar-refractivity contribution < 1.29 is 9.59 Å². The number of hydrogen-bond donors (Lipinski definition) is 2. The molecule has 2 N–H and O–H groups in total. The summed E-state index contributed by atoms with van der Waals surface area (Å²) in [6.45, 7) is 5.47. The van der Waals surface area contributed by atoms with Gasteiger partial charge in [0.2, 0.25) is 5.91 Å². The van der Waals surface area contributed by atoms with Gasteiger partial charge in [-0.05, 0) is 20.8 Å². The number of aromatic nitrogens is 1. The van der Waals surface area contributed by atoms with E-state index in [2.05, 4.69) is 10.3 Å². The van der Waals surface area contributed by atoms with Gasteiger partial charge in [-0.15, -0.1) is 0 Å². The van der Waals surface area contributed by atoms with Gasteiger partial charge >= 0.3 is 0 Å². The van der Waals surface area contributed by atoms with Gasteiger partial charge in [0.1, 0.15) is 5.56 Å². The average Bonchev–Trinajstić information content (AvgIpc) is 2.26. The molecule has 0 saturated carbocycles. The molecule has 0 aliphatic heterocycles. The lowest BCUT2D eigenvalue weighted by Gasteiger charge is -2.23. The van der Waals surface area contributed by atoms with Gasteiger partial charge in [0.25, 0.3) is 5.91 Å². The molecule has 6 heteroatoms. The maximum absolute atomic E-state index is 12.0. The molecule has 0 atom stereocenters. The van der Waals surface area contributed by atoms with Crippen molar-refractivity contribution in [2.75, 3.05) is 13.6 Å². The van der Waals surface area contributed by atoms with Gasteiger partial charge in [0, 0.05) is 31.0 Å². The summed E-state index contributed by atoms with van der Waals surface area (Å²) in [6.07, 6.45) is 2.79. The van der Waals surface area contributed by atoms with Crippen LogP contribution in [0.3, 0.4) is 0 Å². The van der Waals surface area contributed by atoms with Gasteiger partial charge in [-0.1, -0.05) is 0 Å². The summed E-state index contributed by atoms with van der Waals surface area (Å²) >= 11 is 0. The Labute approximate surface area is 111 Å². The summed E-state index contributed by atoms with van der Waals surface area (Å²) in [5, 5.41) is 2.75. The lowest BCUT2D eigenvalue weighted by atomic mass is 10.1. The largest absolute Gasteiger partial charge is 0.367 e. The first-order valence-corrected chi connectivity index (χ1v) is 5.94. The summed E-state index contributed by atoms with van der Waals surface area (Å²) < 4.78 is 0. The number of hydrogen-bond acceptors (Lipinski definition) is 3. The molecule has 2 amide bonds. The molecule has 1 aromatic rings. The van der Waals surface area contributed by atoms with E-state index in [4.69, 9.17) is 0 Å². The number of nitrogens with one attached hydrogen (secondary N) is 2. The molecule has 1 aromatic heterocycles. The molecule has 0 aliphatic rings. The predicted molar refractivity (Wildman–Crippen MR) is 71.9 cm³/mol. The Kier molecular flexibility index (Phi) is 4.47. The molecular formula is C13H19N3O3. The molecule has 0 aromatic carbocycles. The van der Waals surface area contributed by atoms with Crippen LogP contribution < -0.4 is 10.7 Å². The van der Waals surface area contributed by atoms with E-state index in [0.29, 0.717) is 0 Å². The van der Waals surface area contributed by atoms with Crippen molar-refractivity contribution in [3.63, 3.8) is 0 Å². The second-order valence-corrected chi connectivity index (χ2v) is 5.38. The zero-order valence-electron chi connectivity index (χ0n) is 11.6. The lowest BCUT2D eigenvalue weighted by Crippen LogP contribution is -2.46. The average molecular weight is 265 g/mol. The number of carbonyl (C=O) groups is 2. The van der Waals surface area contributed by atoms with Crippen molar-refractivity contribution in [2.45, 2.75) is 26.3 Å². The first kappa shape index (κ1) is 14.9. The third-order valence-corrected chi connectivity index (χ3v) is 2.30. The number of aromatic amines is 1. The Morgan fingerprint density at radius 2 is 2.00 bits per heavy atom. The summed E-state index contributed by atoms with van der Waals surface area (Å²) in [7, 11) is 1.48. The van der Waals surface area contributed by atoms with E-state index in [1.54, 1.807) is 0 Å². The van der Waals surface area contributed by atoms with Crippen molar-refractivity contribution in [1.82, 2.24) is 15.2 Å². The fraction of sp³-hybridized carbons (Fsp3) is 0.462. The van der Waals surface area contributed by atoms with E-state index in [1.165, 1.54) is 30.4 Å². The second kappa shape index (κ2) is 5.69. The molecule has 104 valence electrons. The minimum Gasteiger partial charge on any atom is -0.367 e. The summed E-state index contributed by atoms with van der Waals surface area (Å²) in [5.74, 6) is -0.749. The quantitative estimate of drug-likeness (QED) is 0.828. The highest BCUT2D eigenvalue weighted by atomic mass is 16.2. The summed E-state index contributed by atoms with van der Waals surface area (Å²) in [5.41, 5.74) is -0.703. The van der Waals surface area contributed by atoms with Crippen LogP contribution in [0.2, 0.25) is 0 Å². The Morgan fingerprint density at radius 3 is 2.53 bits per heavy atom. The number of carbonyl (C=O) groups excluding carboxylic acids is 2. The van der Waals surface area contributed by atoms with Gasteiger partial charge in [0.15, 0.2) is 5.43 Å². The smallest absolute Gasteiger partial charge is 0.259 e. The molecule has 1 heterocycles. The first-order valence-electron chi connectivity index (χ1n) is 5.94. The van der Waals surface area contributed by atoms with E-state index >= 15 is 0 Å². The third kappa shape index (κ3) is 4.57. The van der Waals surface area contributed by atoms with Crippen LogP contribution >= 0.6 is 0 Å². The molecule has 0 radical (unpaired) electrons. The Hall–Kier alpha value is -2.11. The van der Waals surface area contributed by atoms with E-state index in [-0.39, 0.29) is 29.0 Å². The fourth-order valence-electron chi connectivity index (χ4n) is 1.53. The monoisotopic (exact) mass is 265 g/mol. The molecule has 1 rings (SSSR count). The van der Waals surface area contributed by atoms with Crippen LogP contribution in [0.4, 0.5) is 0 Å². The molecule has 0 saturated heterocycles.